The molecule has 0 aliphatic heterocycles. The number of carbonyl (C=O) groups is 2. The smallest absolute Gasteiger partial charge is 0.305 e. The highest BCUT2D eigenvalue weighted by Gasteiger charge is 2.20. The lowest BCUT2D eigenvalue weighted by atomic mass is 10.0. The number of hydrogen-bond donors (Lipinski definition) is 3. The number of aliphatic hydroxyl groups is 2. The van der Waals surface area contributed by atoms with Gasteiger partial charge in [-0.25, -0.2) is 0 Å². The van der Waals surface area contributed by atoms with Crippen LogP contribution in [0.1, 0.15) is 450 Å². The third kappa shape index (κ3) is 71.4. The third-order valence-corrected chi connectivity index (χ3v) is 18.8. The number of rotatable bonds is 75. The number of allylic oxidation sites excluding steroid dienone is 4. The molecule has 0 spiro atoms. The number of amides is 1. The predicted molar refractivity (Wildman–Crippen MR) is 380 cm³/mol. The second-order valence-electron chi connectivity index (χ2n) is 27.4. The van der Waals surface area contributed by atoms with Crippen molar-refractivity contribution >= 4 is 11.9 Å². The van der Waals surface area contributed by atoms with Gasteiger partial charge in [-0.05, 0) is 57.8 Å². The molecule has 0 aliphatic rings. The van der Waals surface area contributed by atoms with E-state index in [1.54, 1.807) is 0 Å². The maximum atomic E-state index is 12.6. The van der Waals surface area contributed by atoms with Crippen LogP contribution in [0.2, 0.25) is 0 Å². The normalized spacial score (nSPS) is 12.6. The number of unbranched alkanes of at least 4 members (excludes halogenated alkanes) is 60. The highest BCUT2D eigenvalue weighted by Crippen LogP contribution is 2.20. The first-order chi connectivity index (χ1) is 42.5. The number of nitrogens with one attached hydrogen (secondary N) is 1. The van der Waals surface area contributed by atoms with Crippen LogP contribution in [0.25, 0.3) is 0 Å². The highest BCUT2D eigenvalue weighted by atomic mass is 16.5. The Bertz CT molecular complexity index is 1350. The van der Waals surface area contributed by atoms with Crippen LogP contribution in [0.5, 0.6) is 0 Å². The van der Waals surface area contributed by atoms with E-state index in [4.69, 9.17) is 4.74 Å². The van der Waals surface area contributed by atoms with E-state index < -0.39 is 12.1 Å². The van der Waals surface area contributed by atoms with Gasteiger partial charge in [0.1, 0.15) is 0 Å². The molecule has 0 bridgehead atoms. The zero-order valence-electron chi connectivity index (χ0n) is 58.6. The molecule has 0 aromatic carbocycles. The van der Waals surface area contributed by atoms with E-state index in [1.165, 1.54) is 372 Å². The quantitative estimate of drug-likeness (QED) is 0.0320. The van der Waals surface area contributed by atoms with Crippen LogP contribution in [0.15, 0.2) is 24.3 Å². The average molecular weight is 1210 g/mol. The minimum atomic E-state index is -0.666. The molecule has 0 saturated carbocycles. The molecule has 0 heterocycles. The highest BCUT2D eigenvalue weighted by molar-refractivity contribution is 5.76. The van der Waals surface area contributed by atoms with Gasteiger partial charge in [0.2, 0.25) is 5.91 Å². The summed E-state index contributed by atoms with van der Waals surface area (Å²) in [6.07, 6.45) is 96.9. The van der Waals surface area contributed by atoms with E-state index in [9.17, 15) is 19.8 Å². The fourth-order valence-electron chi connectivity index (χ4n) is 12.7. The minimum Gasteiger partial charge on any atom is -0.466 e. The molecule has 86 heavy (non-hydrogen) atoms. The zero-order chi connectivity index (χ0) is 62.0. The van der Waals surface area contributed by atoms with E-state index in [0.29, 0.717) is 25.9 Å². The molecule has 3 N–H and O–H groups in total. The summed E-state index contributed by atoms with van der Waals surface area (Å²) in [6.45, 7) is 5.01. The summed E-state index contributed by atoms with van der Waals surface area (Å²) in [6, 6.07) is -0.544. The molecule has 6 heteroatoms. The fourth-order valence-corrected chi connectivity index (χ4v) is 12.7. The molecule has 0 radical (unpaired) electrons. The van der Waals surface area contributed by atoms with E-state index in [1.807, 2.05) is 0 Å². The van der Waals surface area contributed by atoms with Gasteiger partial charge in [0, 0.05) is 12.8 Å². The van der Waals surface area contributed by atoms with Gasteiger partial charge in [-0.15, -0.1) is 0 Å². The molecule has 2 atom stereocenters. The van der Waals surface area contributed by atoms with Crippen molar-refractivity contribution in [1.82, 2.24) is 5.32 Å². The topological polar surface area (TPSA) is 95.9 Å². The van der Waals surface area contributed by atoms with Crippen LogP contribution in [0, 0.1) is 0 Å². The van der Waals surface area contributed by atoms with E-state index in [2.05, 4.69) is 43.5 Å². The Hall–Kier alpha value is -1.66. The summed E-state index contributed by atoms with van der Waals surface area (Å²) in [5.74, 6) is -0.0131. The predicted octanol–water partition coefficient (Wildman–Crippen LogP) is 26.0. The number of hydrogen-bond acceptors (Lipinski definition) is 5. The van der Waals surface area contributed by atoms with Crippen molar-refractivity contribution in [2.75, 3.05) is 13.2 Å². The van der Waals surface area contributed by atoms with Crippen LogP contribution >= 0.6 is 0 Å². The lowest BCUT2D eigenvalue weighted by Crippen LogP contribution is -2.45. The summed E-state index contributed by atoms with van der Waals surface area (Å²) in [5.41, 5.74) is 0. The van der Waals surface area contributed by atoms with Crippen molar-refractivity contribution < 1.29 is 24.5 Å². The molecule has 0 rings (SSSR count). The fraction of sp³-hybridized carbons (Fsp3) is 0.925. The third-order valence-electron chi connectivity index (χ3n) is 18.8. The van der Waals surface area contributed by atoms with Crippen LogP contribution in [0.3, 0.4) is 0 Å². The van der Waals surface area contributed by atoms with Crippen molar-refractivity contribution in [2.24, 2.45) is 0 Å². The monoisotopic (exact) mass is 1210 g/mol. The largest absolute Gasteiger partial charge is 0.466 e. The van der Waals surface area contributed by atoms with Gasteiger partial charge in [-0.3, -0.25) is 9.59 Å². The number of aliphatic hydroxyl groups excluding tert-OH is 2. The molecular weight excluding hydrogens is 1050 g/mol. The molecule has 0 fully saturated rings. The molecule has 0 saturated heterocycles. The van der Waals surface area contributed by atoms with Gasteiger partial charge in [-0.1, -0.05) is 404 Å². The first-order valence-corrected chi connectivity index (χ1v) is 39.6. The number of ether oxygens (including phenoxy) is 1. The van der Waals surface area contributed by atoms with Gasteiger partial charge in [-0.2, -0.15) is 0 Å². The van der Waals surface area contributed by atoms with Crippen LogP contribution in [-0.4, -0.2) is 47.4 Å². The van der Waals surface area contributed by atoms with Crippen LogP contribution in [0.4, 0.5) is 0 Å². The van der Waals surface area contributed by atoms with E-state index >= 15 is 0 Å². The average Bonchev–Trinajstić information content (AvgIpc) is 3.54. The molecular formula is C80H155NO5. The molecule has 1 amide bonds. The second-order valence-corrected chi connectivity index (χ2v) is 27.4. The minimum absolute atomic E-state index is 0.0176. The summed E-state index contributed by atoms with van der Waals surface area (Å²) in [7, 11) is 0. The maximum Gasteiger partial charge on any atom is 0.305 e. The summed E-state index contributed by atoms with van der Waals surface area (Å²) >= 11 is 0. The van der Waals surface area contributed by atoms with E-state index in [0.717, 1.165) is 44.9 Å². The van der Waals surface area contributed by atoms with Crippen molar-refractivity contribution in [2.45, 2.75) is 463 Å². The molecule has 510 valence electrons. The second kappa shape index (κ2) is 75.8. The van der Waals surface area contributed by atoms with Gasteiger partial charge < -0.3 is 20.3 Å². The van der Waals surface area contributed by atoms with Crippen molar-refractivity contribution in [1.29, 1.82) is 0 Å². The molecule has 0 aliphatic carbocycles. The van der Waals surface area contributed by atoms with Crippen molar-refractivity contribution in [3.05, 3.63) is 24.3 Å². The van der Waals surface area contributed by atoms with Crippen LogP contribution in [-0.2, 0) is 14.3 Å². The maximum absolute atomic E-state index is 12.6. The van der Waals surface area contributed by atoms with E-state index in [-0.39, 0.29) is 18.5 Å². The Morgan fingerprint density at radius 3 is 0.884 bits per heavy atom. The molecule has 2 unspecified atom stereocenters. The molecule has 0 aromatic heterocycles. The SMILES string of the molecule is CCCCCCCCCCCCCCCCCCCCCCCCC(O)C(CO)NC(=O)CCCCCCCCCCCCCCC/C=C\C/C=C\CCCCCCCCCCCOC(=O)CCCCCCCCCCCCCCCCCCCC. The zero-order valence-corrected chi connectivity index (χ0v) is 58.6. The number of esters is 1. The first-order valence-electron chi connectivity index (χ1n) is 39.6. The van der Waals surface area contributed by atoms with Gasteiger partial charge in [0.15, 0.2) is 0 Å². The Labute approximate surface area is 539 Å². The lowest BCUT2D eigenvalue weighted by Gasteiger charge is -2.22. The Morgan fingerprint density at radius 2 is 0.581 bits per heavy atom. The number of carbonyl (C=O) groups excluding carboxylic acids is 2. The molecule has 0 aromatic rings. The standard InChI is InChI=1S/C80H155NO5/c1-3-5-7-9-11-13-15-17-19-21-23-24-34-37-40-44-48-52-56-60-64-68-72-78(83)77(76-82)81-79(84)73-69-65-61-57-53-49-45-41-38-35-32-30-28-26-25-27-29-31-33-36-39-43-47-51-55-59-63-67-71-75-86-80(85)74-70-66-62-58-54-50-46-42-22-20-18-16-14-12-10-8-6-4-2/h25,27,31,33,77-78,82-83H,3-24,26,28-30,32,34-76H2,1-2H3,(H,81,84)/b27-25-,33-31-. The lowest BCUT2D eigenvalue weighted by molar-refractivity contribution is -0.143. The van der Waals surface area contributed by atoms with Gasteiger partial charge in [0.05, 0.1) is 25.4 Å². The Balaban J connectivity index is 3.39. The van der Waals surface area contributed by atoms with Crippen molar-refractivity contribution in [3.8, 4) is 0 Å². The van der Waals surface area contributed by atoms with Gasteiger partial charge in [0.25, 0.3) is 0 Å². The summed E-state index contributed by atoms with van der Waals surface area (Å²) in [5, 5.41) is 23.5. The Morgan fingerprint density at radius 1 is 0.326 bits per heavy atom. The Kier molecular flexibility index (Phi) is 74.3. The summed E-state index contributed by atoms with van der Waals surface area (Å²) < 4.78 is 5.51. The first kappa shape index (κ1) is 84.3. The van der Waals surface area contributed by atoms with Crippen LogP contribution < -0.4 is 5.32 Å². The summed E-state index contributed by atoms with van der Waals surface area (Å²) in [4.78, 5) is 24.7. The van der Waals surface area contributed by atoms with Gasteiger partial charge >= 0.3 is 5.97 Å². The molecule has 6 nitrogen and oxygen atoms in total. The van der Waals surface area contributed by atoms with Crippen molar-refractivity contribution in [3.63, 3.8) is 0 Å².